The normalized spacial score (nSPS) is 15.0. The van der Waals surface area contributed by atoms with Crippen molar-refractivity contribution in [3.05, 3.63) is 150 Å². The van der Waals surface area contributed by atoms with Gasteiger partial charge in [-0.2, -0.15) is 0 Å². The number of hydrogen-bond donors (Lipinski definition) is 0. The van der Waals surface area contributed by atoms with E-state index in [0.29, 0.717) is 78.5 Å². The standard InChI is InChI=1S/C67H88O6S2/c1-14-23-70-59-46-33-50-41-56(66(8,9)10)43-52-35-48-39-55(65(5,6)7)40-49(60(48)71-24-18-16-15-17-20-45-22-32-75-63(45)58-21-19-31-74-58)36-53-44-57(67(11,12)13)42-51(34-47(59)38-54(37-46)64(2,3)4)62(53)73-30-28-69-26-25-68-27-29-72-61(50)52/h19,21-22,31-32,37-44H,14-18,20,23-30,33-36H2,1-13H3. The zero-order valence-electron chi connectivity index (χ0n) is 48.0. The molecule has 2 aliphatic rings. The van der Waals surface area contributed by atoms with E-state index in [1.54, 1.807) is 0 Å². The van der Waals surface area contributed by atoms with Gasteiger partial charge in [0.25, 0.3) is 0 Å². The molecule has 10 bridgehead atoms. The number of fused-ring (bicyclic) bond motifs is 2. The first-order valence-electron chi connectivity index (χ1n) is 28.1. The van der Waals surface area contributed by atoms with Gasteiger partial charge in [0.05, 0.1) is 39.6 Å². The topological polar surface area (TPSA) is 55.4 Å². The quantitative estimate of drug-likeness (QED) is 0.114. The second-order valence-corrected chi connectivity index (χ2v) is 27.1. The van der Waals surface area contributed by atoms with Crippen LogP contribution in [0.25, 0.3) is 9.75 Å². The van der Waals surface area contributed by atoms with Crippen molar-refractivity contribution in [1.82, 2.24) is 0 Å². The maximum atomic E-state index is 7.32. The summed E-state index contributed by atoms with van der Waals surface area (Å²) in [5.74, 6) is 3.80. The summed E-state index contributed by atoms with van der Waals surface area (Å²) in [5, 5.41) is 4.43. The molecule has 0 unspecified atom stereocenters. The predicted octanol–water partition coefficient (Wildman–Crippen LogP) is 17.1. The number of rotatable bonds is 12. The fourth-order valence-electron chi connectivity index (χ4n) is 10.4. The highest BCUT2D eigenvalue weighted by molar-refractivity contribution is 7.20. The third-order valence-corrected chi connectivity index (χ3v) is 16.8. The van der Waals surface area contributed by atoms with E-state index in [1.165, 1.54) is 66.2 Å². The Labute approximate surface area is 459 Å². The van der Waals surface area contributed by atoms with Gasteiger partial charge in [0.1, 0.15) is 36.2 Å². The fraction of sp³-hybridized carbons (Fsp3) is 0.522. The van der Waals surface area contributed by atoms with Crippen molar-refractivity contribution in [2.75, 3.05) is 52.9 Å². The minimum absolute atomic E-state index is 0.116. The molecule has 4 aromatic carbocycles. The molecule has 0 atom stereocenters. The van der Waals surface area contributed by atoms with Crippen molar-refractivity contribution in [2.45, 2.75) is 176 Å². The Kier molecular flexibility index (Phi) is 18.4. The molecule has 6 aromatic rings. The van der Waals surface area contributed by atoms with Crippen LogP contribution < -0.4 is 18.9 Å². The largest absolute Gasteiger partial charge is 0.493 e. The number of aryl methyl sites for hydroxylation is 1. The van der Waals surface area contributed by atoms with E-state index in [1.807, 2.05) is 22.7 Å². The van der Waals surface area contributed by atoms with Gasteiger partial charge >= 0.3 is 0 Å². The molecule has 1 aliphatic carbocycles. The van der Waals surface area contributed by atoms with E-state index >= 15 is 0 Å². The Morgan fingerprint density at radius 3 is 1.24 bits per heavy atom. The lowest BCUT2D eigenvalue weighted by atomic mass is 9.79. The van der Waals surface area contributed by atoms with Crippen molar-refractivity contribution in [2.24, 2.45) is 0 Å². The van der Waals surface area contributed by atoms with E-state index in [-0.39, 0.29) is 21.7 Å². The first-order chi connectivity index (χ1) is 35.7. The molecule has 2 aromatic heterocycles. The van der Waals surface area contributed by atoms with Gasteiger partial charge in [-0.05, 0) is 143 Å². The van der Waals surface area contributed by atoms with Crippen molar-refractivity contribution in [1.29, 1.82) is 0 Å². The highest BCUT2D eigenvalue weighted by Gasteiger charge is 2.30. The Balaban J connectivity index is 1.32. The lowest BCUT2D eigenvalue weighted by molar-refractivity contribution is 0.0270. The Bertz CT molecular complexity index is 2710. The zero-order valence-corrected chi connectivity index (χ0v) is 49.6. The van der Waals surface area contributed by atoms with E-state index in [9.17, 15) is 0 Å². The average Bonchev–Trinajstić information content (AvgIpc) is 4.04. The number of ether oxygens (including phenoxy) is 6. The van der Waals surface area contributed by atoms with E-state index in [0.717, 1.165) is 77.4 Å². The van der Waals surface area contributed by atoms with E-state index in [4.69, 9.17) is 28.4 Å². The zero-order chi connectivity index (χ0) is 53.5. The Hall–Kier alpha value is -4.60. The van der Waals surface area contributed by atoms with Crippen molar-refractivity contribution in [3.8, 4) is 32.8 Å². The van der Waals surface area contributed by atoms with Gasteiger partial charge in [0.2, 0.25) is 0 Å². The van der Waals surface area contributed by atoms with Gasteiger partial charge in [0.15, 0.2) is 0 Å². The second-order valence-electron chi connectivity index (χ2n) is 25.2. The molecule has 1 aliphatic heterocycles. The first kappa shape index (κ1) is 56.6. The summed E-state index contributed by atoms with van der Waals surface area (Å²) in [6.45, 7) is 34.1. The summed E-state index contributed by atoms with van der Waals surface area (Å²) in [6, 6.07) is 26.1. The first-order valence-corrected chi connectivity index (χ1v) is 29.9. The highest BCUT2D eigenvalue weighted by atomic mass is 32.1. The summed E-state index contributed by atoms with van der Waals surface area (Å²) < 4.78 is 41.0. The molecule has 404 valence electrons. The summed E-state index contributed by atoms with van der Waals surface area (Å²) in [5.41, 5.74) is 15.5. The molecule has 0 spiro atoms. The third-order valence-electron chi connectivity index (χ3n) is 14.8. The lowest BCUT2D eigenvalue weighted by Crippen LogP contribution is -2.18. The van der Waals surface area contributed by atoms with Gasteiger partial charge in [-0.1, -0.05) is 157 Å². The summed E-state index contributed by atoms with van der Waals surface area (Å²) in [4.78, 5) is 2.81. The smallest absolute Gasteiger partial charge is 0.126 e. The molecule has 0 fully saturated rings. The number of benzene rings is 4. The molecular weight excluding hydrogens is 965 g/mol. The van der Waals surface area contributed by atoms with Crippen LogP contribution in [-0.4, -0.2) is 52.9 Å². The molecule has 0 saturated heterocycles. The molecule has 0 N–H and O–H groups in total. The van der Waals surface area contributed by atoms with Crippen LogP contribution in [0.5, 0.6) is 23.0 Å². The number of unbranched alkanes of at least 4 members (excludes halogenated alkanes) is 3. The highest BCUT2D eigenvalue weighted by Crippen LogP contribution is 2.45. The van der Waals surface area contributed by atoms with Crippen LogP contribution in [0.2, 0.25) is 0 Å². The van der Waals surface area contributed by atoms with Crippen molar-refractivity contribution in [3.63, 3.8) is 0 Å². The lowest BCUT2D eigenvalue weighted by Gasteiger charge is -2.29. The average molecular weight is 1050 g/mol. The molecule has 8 heteroatoms. The minimum atomic E-state index is -0.130. The maximum absolute atomic E-state index is 7.32. The van der Waals surface area contributed by atoms with Crippen molar-refractivity contribution >= 4 is 22.7 Å². The van der Waals surface area contributed by atoms with Crippen molar-refractivity contribution < 1.29 is 28.4 Å². The molecule has 0 radical (unpaired) electrons. The SMILES string of the molecule is CCCOc1c2cc(C(C)(C)C)cc1Cc1cc(C(C)(C)C)cc3c1OCCOCCOCCOc1c(cc(C(C)(C)C)cc1Cc1cc(C(C)(C)C)cc(c1OCCCCCCc1ccsc1-c1cccs1)C3)C2. The fourth-order valence-corrected chi connectivity index (χ4v) is 12.3. The van der Waals surface area contributed by atoms with Gasteiger partial charge in [-0.15, -0.1) is 22.7 Å². The van der Waals surface area contributed by atoms with Crippen LogP contribution in [0.3, 0.4) is 0 Å². The molecule has 75 heavy (non-hydrogen) atoms. The number of thiophene rings is 2. The molecule has 0 amide bonds. The Morgan fingerprint density at radius 1 is 0.440 bits per heavy atom. The van der Waals surface area contributed by atoms with Crippen LogP contribution in [-0.2, 0) is 63.2 Å². The van der Waals surface area contributed by atoms with Gasteiger partial charge in [-0.25, -0.2) is 0 Å². The van der Waals surface area contributed by atoms with Gasteiger partial charge in [-0.3, -0.25) is 0 Å². The maximum Gasteiger partial charge on any atom is 0.126 e. The van der Waals surface area contributed by atoms with Crippen LogP contribution in [0.15, 0.2) is 77.5 Å². The monoisotopic (exact) mass is 1050 g/mol. The van der Waals surface area contributed by atoms with Gasteiger partial charge in [0, 0.05) is 35.4 Å². The molecule has 6 nitrogen and oxygen atoms in total. The second kappa shape index (κ2) is 24.4. The van der Waals surface area contributed by atoms with Crippen LogP contribution in [0, 0.1) is 0 Å². The van der Waals surface area contributed by atoms with Crippen LogP contribution in [0.1, 0.15) is 194 Å². The molecule has 3 heterocycles. The number of hydrogen-bond acceptors (Lipinski definition) is 8. The third kappa shape index (κ3) is 14.5. The summed E-state index contributed by atoms with van der Waals surface area (Å²) >= 11 is 3.70. The summed E-state index contributed by atoms with van der Waals surface area (Å²) in [7, 11) is 0. The van der Waals surface area contributed by atoms with E-state index < -0.39 is 0 Å². The van der Waals surface area contributed by atoms with Gasteiger partial charge < -0.3 is 28.4 Å². The van der Waals surface area contributed by atoms with E-state index in [2.05, 4.69) is 167 Å². The molecular formula is C67H88O6S2. The minimum Gasteiger partial charge on any atom is -0.493 e. The van der Waals surface area contributed by atoms with Crippen LogP contribution >= 0.6 is 22.7 Å². The predicted molar refractivity (Wildman–Crippen MR) is 316 cm³/mol. The molecule has 8 rings (SSSR count). The summed E-state index contributed by atoms with van der Waals surface area (Å²) in [6.07, 6.45) is 9.00. The molecule has 0 saturated carbocycles. The van der Waals surface area contributed by atoms with Crippen LogP contribution in [0.4, 0.5) is 0 Å². The Morgan fingerprint density at radius 2 is 0.840 bits per heavy atom.